The van der Waals surface area contributed by atoms with Crippen LogP contribution in [-0.4, -0.2) is 23.9 Å². The van der Waals surface area contributed by atoms with Gasteiger partial charge in [0, 0.05) is 6.61 Å². The fraction of sp³-hybridized carbons (Fsp3) is 1.00. The van der Waals surface area contributed by atoms with E-state index in [0.717, 1.165) is 0 Å². The Kier molecular flexibility index (Phi) is 4.65. The quantitative estimate of drug-likeness (QED) is 0.650. The molecule has 2 nitrogen and oxygen atoms in total. The molecule has 0 bridgehead atoms. The van der Waals surface area contributed by atoms with Crippen molar-refractivity contribution in [3.8, 4) is 0 Å². The molecule has 2 atom stereocenters. The van der Waals surface area contributed by atoms with E-state index in [1.165, 1.54) is 0 Å². The zero-order valence-corrected chi connectivity index (χ0v) is 7.29. The number of rotatable bonds is 4. The second-order valence-corrected chi connectivity index (χ2v) is 2.90. The summed E-state index contributed by atoms with van der Waals surface area (Å²) in [5.74, 6) is 0.389. The second kappa shape index (κ2) is 4.69. The fourth-order valence-corrected chi connectivity index (χ4v) is 1.08. The molecule has 10 heavy (non-hydrogen) atoms. The van der Waals surface area contributed by atoms with E-state index in [-0.39, 0.29) is 12.2 Å². The summed E-state index contributed by atoms with van der Waals surface area (Å²) in [7, 11) is 0. The lowest BCUT2D eigenvalue weighted by Crippen LogP contribution is -2.31. The summed E-state index contributed by atoms with van der Waals surface area (Å²) in [4.78, 5) is 0. The Hall–Kier alpha value is -0.0800. The summed E-state index contributed by atoms with van der Waals surface area (Å²) >= 11 is 0. The van der Waals surface area contributed by atoms with Crippen molar-refractivity contribution in [3.63, 3.8) is 0 Å². The van der Waals surface area contributed by atoms with Gasteiger partial charge in [0.05, 0.1) is 12.2 Å². The first-order chi connectivity index (χ1) is 4.59. The molecular weight excluding hydrogens is 128 g/mol. The first kappa shape index (κ1) is 9.92. The lowest BCUT2D eigenvalue weighted by Gasteiger charge is -2.23. The molecule has 0 fully saturated rings. The van der Waals surface area contributed by atoms with E-state index in [2.05, 4.69) is 0 Å². The monoisotopic (exact) mass is 146 g/mol. The van der Waals surface area contributed by atoms with Crippen molar-refractivity contribution in [2.24, 2.45) is 5.92 Å². The SMILES string of the molecule is CCO[C@H](C(C)C)[C@H](C)O. The van der Waals surface area contributed by atoms with Crippen molar-refractivity contribution < 1.29 is 9.84 Å². The van der Waals surface area contributed by atoms with Crippen molar-refractivity contribution in [3.05, 3.63) is 0 Å². The van der Waals surface area contributed by atoms with Crippen LogP contribution in [0.3, 0.4) is 0 Å². The molecule has 2 heteroatoms. The maximum absolute atomic E-state index is 9.19. The molecule has 0 rings (SSSR count). The third kappa shape index (κ3) is 3.18. The molecule has 0 aromatic rings. The Morgan fingerprint density at radius 1 is 1.30 bits per heavy atom. The van der Waals surface area contributed by atoms with E-state index < -0.39 is 0 Å². The number of aliphatic hydroxyl groups is 1. The summed E-state index contributed by atoms with van der Waals surface area (Å²) in [6.45, 7) is 8.48. The first-order valence-corrected chi connectivity index (χ1v) is 3.89. The highest BCUT2D eigenvalue weighted by molar-refractivity contribution is 4.67. The summed E-state index contributed by atoms with van der Waals surface area (Å²) in [5.41, 5.74) is 0. The smallest absolute Gasteiger partial charge is 0.0853 e. The Labute approximate surface area is 63.2 Å². The van der Waals surface area contributed by atoms with Gasteiger partial charge in [0.2, 0.25) is 0 Å². The highest BCUT2D eigenvalue weighted by Gasteiger charge is 2.18. The van der Waals surface area contributed by atoms with Gasteiger partial charge in [-0.3, -0.25) is 0 Å². The maximum Gasteiger partial charge on any atom is 0.0853 e. The van der Waals surface area contributed by atoms with Crippen LogP contribution in [0.1, 0.15) is 27.7 Å². The molecule has 0 aliphatic rings. The molecule has 0 amide bonds. The third-order valence-corrected chi connectivity index (χ3v) is 1.49. The van der Waals surface area contributed by atoms with Crippen molar-refractivity contribution in [2.75, 3.05) is 6.61 Å². The van der Waals surface area contributed by atoms with Crippen LogP contribution < -0.4 is 0 Å². The lowest BCUT2D eigenvalue weighted by molar-refractivity contribution is -0.0489. The molecule has 0 aliphatic carbocycles. The van der Waals surface area contributed by atoms with Crippen LogP contribution in [0.15, 0.2) is 0 Å². The minimum Gasteiger partial charge on any atom is -0.391 e. The number of aliphatic hydroxyl groups excluding tert-OH is 1. The number of ether oxygens (including phenoxy) is 1. The average molecular weight is 146 g/mol. The summed E-state index contributed by atoms with van der Waals surface area (Å²) < 4.78 is 5.31. The van der Waals surface area contributed by atoms with E-state index in [4.69, 9.17) is 4.74 Å². The standard InChI is InChI=1S/C8H18O2/c1-5-10-8(6(2)3)7(4)9/h6-9H,5H2,1-4H3/t7-,8+/m0/s1. The molecule has 0 unspecified atom stereocenters. The van der Waals surface area contributed by atoms with E-state index >= 15 is 0 Å². The molecule has 0 heterocycles. The number of hydrogen-bond acceptors (Lipinski definition) is 2. The zero-order chi connectivity index (χ0) is 8.15. The van der Waals surface area contributed by atoms with Crippen molar-refractivity contribution in [2.45, 2.75) is 39.9 Å². The fourth-order valence-electron chi connectivity index (χ4n) is 1.08. The van der Waals surface area contributed by atoms with E-state index in [9.17, 15) is 5.11 Å². The Bertz CT molecular complexity index is 71.3. The molecule has 0 aromatic heterocycles. The summed E-state index contributed by atoms with van der Waals surface area (Å²) in [5, 5.41) is 9.19. The number of hydrogen-bond donors (Lipinski definition) is 1. The van der Waals surface area contributed by atoms with Crippen LogP contribution in [0.5, 0.6) is 0 Å². The van der Waals surface area contributed by atoms with Crippen LogP contribution in [0.25, 0.3) is 0 Å². The molecule has 1 N–H and O–H groups in total. The molecule has 0 saturated heterocycles. The summed E-state index contributed by atoms with van der Waals surface area (Å²) in [6.07, 6.45) is -0.370. The van der Waals surface area contributed by atoms with E-state index in [1.54, 1.807) is 6.92 Å². The minimum absolute atomic E-state index is 0.00926. The molecule has 0 saturated carbocycles. The van der Waals surface area contributed by atoms with Crippen molar-refractivity contribution in [1.29, 1.82) is 0 Å². The van der Waals surface area contributed by atoms with Crippen LogP contribution >= 0.6 is 0 Å². The minimum atomic E-state index is -0.361. The predicted molar refractivity (Wildman–Crippen MR) is 41.9 cm³/mol. The van der Waals surface area contributed by atoms with Gasteiger partial charge in [-0.25, -0.2) is 0 Å². The van der Waals surface area contributed by atoms with Crippen LogP contribution in [0.2, 0.25) is 0 Å². The summed E-state index contributed by atoms with van der Waals surface area (Å²) in [6, 6.07) is 0. The van der Waals surface area contributed by atoms with Crippen LogP contribution in [-0.2, 0) is 4.74 Å². The average Bonchev–Trinajstić information content (AvgIpc) is 1.81. The predicted octanol–water partition coefficient (Wildman–Crippen LogP) is 1.43. The van der Waals surface area contributed by atoms with Gasteiger partial charge in [0.1, 0.15) is 0 Å². The Morgan fingerprint density at radius 2 is 1.80 bits per heavy atom. The van der Waals surface area contributed by atoms with Crippen LogP contribution in [0.4, 0.5) is 0 Å². The lowest BCUT2D eigenvalue weighted by atomic mass is 10.0. The van der Waals surface area contributed by atoms with Gasteiger partial charge in [-0.1, -0.05) is 13.8 Å². The van der Waals surface area contributed by atoms with Gasteiger partial charge >= 0.3 is 0 Å². The molecule has 62 valence electrons. The highest BCUT2D eigenvalue weighted by Crippen LogP contribution is 2.10. The molecule has 0 aliphatic heterocycles. The van der Waals surface area contributed by atoms with Gasteiger partial charge in [-0.2, -0.15) is 0 Å². The van der Waals surface area contributed by atoms with Gasteiger partial charge in [-0.05, 0) is 19.8 Å². The topological polar surface area (TPSA) is 29.5 Å². The van der Waals surface area contributed by atoms with Gasteiger partial charge in [-0.15, -0.1) is 0 Å². The highest BCUT2D eigenvalue weighted by atomic mass is 16.5. The molecular formula is C8H18O2. The van der Waals surface area contributed by atoms with Crippen molar-refractivity contribution >= 4 is 0 Å². The molecule has 0 aromatic carbocycles. The van der Waals surface area contributed by atoms with Crippen molar-refractivity contribution in [1.82, 2.24) is 0 Å². The largest absolute Gasteiger partial charge is 0.391 e. The van der Waals surface area contributed by atoms with E-state index in [1.807, 2.05) is 20.8 Å². The maximum atomic E-state index is 9.19. The third-order valence-electron chi connectivity index (χ3n) is 1.49. The molecule has 0 radical (unpaired) electrons. The second-order valence-electron chi connectivity index (χ2n) is 2.90. The van der Waals surface area contributed by atoms with Gasteiger partial charge in [0.25, 0.3) is 0 Å². The Balaban J connectivity index is 3.73. The van der Waals surface area contributed by atoms with Gasteiger partial charge in [0.15, 0.2) is 0 Å². The molecule has 0 spiro atoms. The van der Waals surface area contributed by atoms with Crippen LogP contribution in [0, 0.1) is 5.92 Å². The van der Waals surface area contributed by atoms with E-state index in [0.29, 0.717) is 12.5 Å². The van der Waals surface area contributed by atoms with Gasteiger partial charge < -0.3 is 9.84 Å². The first-order valence-electron chi connectivity index (χ1n) is 3.89. The zero-order valence-electron chi connectivity index (χ0n) is 7.29. The normalized spacial score (nSPS) is 17.4. The Morgan fingerprint density at radius 3 is 1.90 bits per heavy atom.